The lowest BCUT2D eigenvalue weighted by molar-refractivity contribution is 0.772. The summed E-state index contributed by atoms with van der Waals surface area (Å²) in [4.78, 5) is 0. The molecule has 0 heteroatoms. The maximum Gasteiger partial charge on any atom is -0.00262 e. The minimum atomic E-state index is 0.577. The van der Waals surface area contributed by atoms with Crippen LogP contribution < -0.4 is 0 Å². The van der Waals surface area contributed by atoms with E-state index in [2.05, 4.69) is 128 Å². The number of benzene rings is 6. The number of fused-ring (bicyclic) bond motifs is 4. The normalized spacial score (nSPS) is 15.1. The largest absolute Gasteiger partial charge is 0.0833 e. The molecule has 6 aromatic carbocycles. The summed E-state index contributed by atoms with van der Waals surface area (Å²) in [6, 6.07) is 40.4. The topological polar surface area (TPSA) is 0 Å². The predicted octanol–water partition coefficient (Wildman–Crippen LogP) is 10.0. The van der Waals surface area contributed by atoms with Crippen molar-refractivity contribution in [3.63, 3.8) is 0 Å². The van der Waals surface area contributed by atoms with Crippen LogP contribution in [0.2, 0.25) is 0 Å². The smallest absolute Gasteiger partial charge is 0.00262 e. The van der Waals surface area contributed by atoms with Gasteiger partial charge in [-0.3, -0.25) is 0 Å². The molecule has 0 nitrogen and oxygen atoms in total. The first-order valence-electron chi connectivity index (χ1n) is 12.5. The molecule has 1 aliphatic carbocycles. The highest BCUT2D eigenvalue weighted by atomic mass is 14.2. The molecule has 0 saturated heterocycles. The summed E-state index contributed by atoms with van der Waals surface area (Å²) >= 11 is 0. The molecule has 0 saturated carbocycles. The maximum atomic E-state index is 2.39. The van der Waals surface area contributed by atoms with Gasteiger partial charge in [-0.25, -0.2) is 0 Å². The van der Waals surface area contributed by atoms with Crippen molar-refractivity contribution in [1.29, 1.82) is 0 Å². The molecular formula is C35H26. The molecule has 0 heterocycles. The highest BCUT2D eigenvalue weighted by molar-refractivity contribution is 6.21. The van der Waals surface area contributed by atoms with Crippen molar-refractivity contribution < 1.29 is 0 Å². The third kappa shape index (κ3) is 3.21. The van der Waals surface area contributed by atoms with Crippen LogP contribution in [0.25, 0.3) is 60.6 Å². The van der Waals surface area contributed by atoms with Crippen LogP contribution >= 0.6 is 0 Å². The second-order valence-corrected chi connectivity index (χ2v) is 9.79. The van der Waals surface area contributed by atoms with E-state index in [-0.39, 0.29) is 0 Å². The van der Waals surface area contributed by atoms with E-state index in [0.717, 1.165) is 6.42 Å². The first-order valence-corrected chi connectivity index (χ1v) is 12.5. The van der Waals surface area contributed by atoms with Gasteiger partial charge in [-0.15, -0.1) is 0 Å². The molecule has 0 bridgehead atoms. The molecule has 166 valence electrons. The Bertz CT molecular complexity index is 1730. The second kappa shape index (κ2) is 7.96. The fraction of sp³-hybridized carbons (Fsp3) is 0.0857. The Hall–Kier alpha value is -4.16. The molecule has 1 aliphatic rings. The Morgan fingerprint density at radius 2 is 1.09 bits per heavy atom. The standard InChI is InChI=1S/C35H26/c1-23-9-8-12-26-22-28(19-20-29(23)26)35-32-15-6-4-13-30(32)34(31-14-5-7-16-33(31)35)27-18-17-24-10-2-3-11-25(24)21-27/h2-8,10-23H,9H2,1H3. The highest BCUT2D eigenvalue weighted by Crippen LogP contribution is 2.45. The van der Waals surface area contributed by atoms with Gasteiger partial charge in [-0.1, -0.05) is 116 Å². The minimum Gasteiger partial charge on any atom is -0.0833 e. The van der Waals surface area contributed by atoms with Crippen LogP contribution in [-0.4, -0.2) is 0 Å². The molecule has 1 unspecified atom stereocenters. The Balaban J connectivity index is 1.57. The number of hydrogen-bond acceptors (Lipinski definition) is 0. The van der Waals surface area contributed by atoms with Gasteiger partial charge in [0.05, 0.1) is 0 Å². The Kier molecular flexibility index (Phi) is 4.60. The van der Waals surface area contributed by atoms with E-state index < -0.39 is 0 Å². The van der Waals surface area contributed by atoms with Crippen molar-refractivity contribution >= 4 is 38.4 Å². The van der Waals surface area contributed by atoms with Crippen LogP contribution in [0.5, 0.6) is 0 Å². The number of rotatable bonds is 2. The van der Waals surface area contributed by atoms with Gasteiger partial charge in [0.1, 0.15) is 0 Å². The van der Waals surface area contributed by atoms with E-state index in [1.807, 2.05) is 0 Å². The van der Waals surface area contributed by atoms with Gasteiger partial charge < -0.3 is 0 Å². The Morgan fingerprint density at radius 1 is 0.543 bits per heavy atom. The molecule has 0 aliphatic heterocycles. The van der Waals surface area contributed by atoms with Gasteiger partial charge in [0.25, 0.3) is 0 Å². The molecule has 0 N–H and O–H groups in total. The van der Waals surface area contributed by atoms with E-state index in [1.165, 1.54) is 65.7 Å². The van der Waals surface area contributed by atoms with Crippen LogP contribution in [0.15, 0.2) is 115 Å². The van der Waals surface area contributed by atoms with Gasteiger partial charge in [-0.05, 0) is 90.2 Å². The van der Waals surface area contributed by atoms with E-state index in [9.17, 15) is 0 Å². The van der Waals surface area contributed by atoms with Gasteiger partial charge in [0.15, 0.2) is 0 Å². The van der Waals surface area contributed by atoms with Gasteiger partial charge in [-0.2, -0.15) is 0 Å². The van der Waals surface area contributed by atoms with E-state index >= 15 is 0 Å². The summed E-state index contributed by atoms with van der Waals surface area (Å²) in [6.45, 7) is 2.32. The van der Waals surface area contributed by atoms with Crippen LogP contribution in [0.3, 0.4) is 0 Å². The zero-order valence-corrected chi connectivity index (χ0v) is 19.8. The zero-order chi connectivity index (χ0) is 23.4. The van der Waals surface area contributed by atoms with Crippen LogP contribution in [0.4, 0.5) is 0 Å². The molecule has 0 fully saturated rings. The summed E-state index contributed by atoms with van der Waals surface area (Å²) < 4.78 is 0. The molecule has 7 rings (SSSR count). The third-order valence-electron chi connectivity index (χ3n) is 7.66. The van der Waals surface area contributed by atoms with Crippen molar-refractivity contribution in [3.8, 4) is 22.3 Å². The third-order valence-corrected chi connectivity index (χ3v) is 7.66. The lowest BCUT2D eigenvalue weighted by Gasteiger charge is -2.21. The molecule has 0 aromatic heterocycles. The Labute approximate surface area is 206 Å². The fourth-order valence-corrected chi connectivity index (χ4v) is 5.94. The predicted molar refractivity (Wildman–Crippen MR) is 152 cm³/mol. The lowest BCUT2D eigenvalue weighted by atomic mass is 9.83. The van der Waals surface area contributed by atoms with Crippen molar-refractivity contribution in [2.75, 3.05) is 0 Å². The van der Waals surface area contributed by atoms with E-state index in [1.54, 1.807) is 0 Å². The quantitative estimate of drug-likeness (QED) is 0.232. The highest BCUT2D eigenvalue weighted by Gasteiger charge is 2.18. The molecule has 35 heavy (non-hydrogen) atoms. The van der Waals surface area contributed by atoms with Crippen LogP contribution in [0, 0.1) is 0 Å². The van der Waals surface area contributed by atoms with Crippen molar-refractivity contribution in [3.05, 3.63) is 126 Å². The van der Waals surface area contributed by atoms with Crippen molar-refractivity contribution in [1.82, 2.24) is 0 Å². The van der Waals surface area contributed by atoms with Gasteiger partial charge in [0, 0.05) is 0 Å². The van der Waals surface area contributed by atoms with Gasteiger partial charge >= 0.3 is 0 Å². The monoisotopic (exact) mass is 446 g/mol. The second-order valence-electron chi connectivity index (χ2n) is 9.79. The summed E-state index contributed by atoms with van der Waals surface area (Å²) in [6.07, 6.45) is 5.74. The molecule has 0 spiro atoms. The summed E-state index contributed by atoms with van der Waals surface area (Å²) in [5, 5.41) is 7.77. The lowest BCUT2D eigenvalue weighted by Crippen LogP contribution is -2.00. The molecule has 6 aromatic rings. The SMILES string of the molecule is CC1CC=Cc2cc(-c3c4ccccc4c(-c4ccc5ccccc5c4)c4ccccc34)ccc21. The average Bonchev–Trinajstić information content (AvgIpc) is 2.91. The van der Waals surface area contributed by atoms with Crippen molar-refractivity contribution in [2.24, 2.45) is 0 Å². The number of hydrogen-bond donors (Lipinski definition) is 0. The van der Waals surface area contributed by atoms with Crippen molar-refractivity contribution in [2.45, 2.75) is 19.3 Å². The summed E-state index contributed by atoms with van der Waals surface area (Å²) in [7, 11) is 0. The summed E-state index contributed by atoms with van der Waals surface area (Å²) in [5.41, 5.74) is 8.02. The van der Waals surface area contributed by atoms with Crippen LogP contribution in [0.1, 0.15) is 30.4 Å². The fourth-order valence-electron chi connectivity index (χ4n) is 5.94. The van der Waals surface area contributed by atoms with Crippen LogP contribution in [-0.2, 0) is 0 Å². The maximum absolute atomic E-state index is 2.39. The average molecular weight is 447 g/mol. The first kappa shape index (κ1) is 20.2. The zero-order valence-electron chi connectivity index (χ0n) is 19.8. The summed E-state index contributed by atoms with van der Waals surface area (Å²) in [5.74, 6) is 0.577. The van der Waals surface area contributed by atoms with E-state index in [0.29, 0.717) is 5.92 Å². The molecule has 0 amide bonds. The molecular weight excluding hydrogens is 420 g/mol. The van der Waals surface area contributed by atoms with E-state index in [4.69, 9.17) is 0 Å². The number of allylic oxidation sites excluding steroid dienone is 1. The van der Waals surface area contributed by atoms with Gasteiger partial charge in [0.2, 0.25) is 0 Å². The minimum absolute atomic E-state index is 0.577. The Morgan fingerprint density at radius 3 is 1.74 bits per heavy atom. The first-order chi connectivity index (χ1) is 17.3. The molecule has 0 radical (unpaired) electrons. The molecule has 1 atom stereocenters.